The first-order valence-corrected chi connectivity index (χ1v) is 5.78. The van der Waals surface area contributed by atoms with Crippen LogP contribution in [-0.2, 0) is 0 Å². The van der Waals surface area contributed by atoms with Crippen LogP contribution in [0, 0.1) is 11.6 Å². The lowest BCUT2D eigenvalue weighted by atomic mass is 10.2. The first-order valence-electron chi connectivity index (χ1n) is 4.97. The summed E-state index contributed by atoms with van der Waals surface area (Å²) in [7, 11) is 0. The van der Waals surface area contributed by atoms with E-state index in [-0.39, 0.29) is 11.2 Å². The van der Waals surface area contributed by atoms with E-state index in [1.54, 1.807) is 6.07 Å². The van der Waals surface area contributed by atoms with Crippen LogP contribution in [0.2, 0.25) is 0 Å². The van der Waals surface area contributed by atoms with E-state index in [4.69, 9.17) is 0 Å². The van der Waals surface area contributed by atoms with Crippen LogP contribution in [0.3, 0.4) is 0 Å². The molecule has 0 atom stereocenters. The van der Waals surface area contributed by atoms with E-state index in [2.05, 4.69) is 0 Å². The Morgan fingerprint density at radius 2 is 1.53 bits per heavy atom. The molecule has 1 nitrogen and oxygen atoms in total. The lowest BCUT2D eigenvalue weighted by Crippen LogP contribution is -2.01. The molecule has 0 aliphatic carbocycles. The first kappa shape index (κ1) is 10.4. The third-order valence-electron chi connectivity index (χ3n) is 2.59. The molecule has 0 aliphatic heterocycles. The molecule has 0 fully saturated rings. The number of hydrogen-bond acceptors (Lipinski definition) is 2. The largest absolute Gasteiger partial charge is 0.289 e. The molecule has 3 rings (SSSR count). The summed E-state index contributed by atoms with van der Waals surface area (Å²) in [6.07, 6.45) is 0. The molecule has 0 saturated carbocycles. The third-order valence-corrected chi connectivity index (χ3v) is 3.73. The van der Waals surface area contributed by atoms with E-state index in [1.165, 1.54) is 41.7 Å². The van der Waals surface area contributed by atoms with Crippen molar-refractivity contribution in [3.05, 3.63) is 58.3 Å². The fraction of sp³-hybridized carbons (Fsp3) is 0. The predicted molar refractivity (Wildman–Crippen MR) is 65.5 cm³/mol. The number of benzene rings is 2. The van der Waals surface area contributed by atoms with Gasteiger partial charge in [0.2, 0.25) is 0 Å². The summed E-state index contributed by atoms with van der Waals surface area (Å²) in [5, 5.41) is 0.767. The van der Waals surface area contributed by atoms with Gasteiger partial charge in [0.1, 0.15) is 11.6 Å². The normalized spacial score (nSPS) is 11.2. The summed E-state index contributed by atoms with van der Waals surface area (Å²) in [5.41, 5.74) is -0.256. The fourth-order valence-corrected chi connectivity index (χ4v) is 2.88. The van der Waals surface area contributed by atoms with Crippen LogP contribution in [0.15, 0.2) is 41.2 Å². The molecule has 17 heavy (non-hydrogen) atoms. The summed E-state index contributed by atoms with van der Waals surface area (Å²) in [6, 6.07) is 8.06. The molecule has 84 valence electrons. The summed E-state index contributed by atoms with van der Waals surface area (Å²) in [5.74, 6) is -0.821. The van der Waals surface area contributed by atoms with Gasteiger partial charge in [0.25, 0.3) is 0 Å². The fourth-order valence-electron chi connectivity index (χ4n) is 1.80. The van der Waals surface area contributed by atoms with E-state index in [9.17, 15) is 13.6 Å². The van der Waals surface area contributed by atoms with Gasteiger partial charge in [0.15, 0.2) is 5.43 Å². The molecule has 3 aromatic rings. The highest BCUT2D eigenvalue weighted by atomic mass is 32.1. The van der Waals surface area contributed by atoms with E-state index in [1.807, 2.05) is 0 Å². The van der Waals surface area contributed by atoms with Gasteiger partial charge in [-0.1, -0.05) is 0 Å². The van der Waals surface area contributed by atoms with Crippen LogP contribution in [0.5, 0.6) is 0 Å². The average molecular weight is 248 g/mol. The molecule has 0 N–H and O–H groups in total. The zero-order chi connectivity index (χ0) is 12.0. The van der Waals surface area contributed by atoms with Gasteiger partial charge in [0.05, 0.1) is 0 Å². The molecule has 0 bridgehead atoms. The molecule has 1 heterocycles. The summed E-state index contributed by atoms with van der Waals surface area (Å²) in [4.78, 5) is 12.1. The van der Waals surface area contributed by atoms with E-state index in [0.717, 1.165) is 0 Å². The second-order valence-electron chi connectivity index (χ2n) is 3.71. The highest BCUT2D eigenvalue weighted by Crippen LogP contribution is 2.25. The van der Waals surface area contributed by atoms with Gasteiger partial charge >= 0.3 is 0 Å². The number of fused-ring (bicyclic) bond motifs is 2. The Balaban J connectivity index is 2.57. The van der Waals surface area contributed by atoms with Crippen molar-refractivity contribution in [2.45, 2.75) is 0 Å². The maximum absolute atomic E-state index is 13.1. The van der Waals surface area contributed by atoms with Crippen molar-refractivity contribution in [1.82, 2.24) is 0 Å². The molecule has 0 unspecified atom stereocenters. The van der Waals surface area contributed by atoms with Crippen molar-refractivity contribution >= 4 is 31.5 Å². The number of rotatable bonds is 0. The van der Waals surface area contributed by atoms with Crippen molar-refractivity contribution in [3.8, 4) is 0 Å². The van der Waals surface area contributed by atoms with Crippen LogP contribution in [-0.4, -0.2) is 0 Å². The maximum Gasteiger partial charge on any atom is 0.195 e. The Bertz CT molecular complexity index is 792. The summed E-state index contributed by atoms with van der Waals surface area (Å²) >= 11 is 1.28. The van der Waals surface area contributed by atoms with Gasteiger partial charge < -0.3 is 0 Å². The quantitative estimate of drug-likeness (QED) is 0.554. The zero-order valence-corrected chi connectivity index (χ0v) is 9.35. The van der Waals surface area contributed by atoms with Gasteiger partial charge in [-0.05, 0) is 36.4 Å². The van der Waals surface area contributed by atoms with Crippen molar-refractivity contribution in [3.63, 3.8) is 0 Å². The third kappa shape index (κ3) is 1.61. The van der Waals surface area contributed by atoms with E-state index >= 15 is 0 Å². The molecule has 0 spiro atoms. The van der Waals surface area contributed by atoms with Crippen LogP contribution >= 0.6 is 11.3 Å². The molecular formula is C13H6F2OS. The second kappa shape index (κ2) is 3.60. The summed E-state index contributed by atoms with van der Waals surface area (Å²) in [6.45, 7) is 0. The van der Waals surface area contributed by atoms with E-state index in [0.29, 0.717) is 20.2 Å². The molecule has 0 amide bonds. The van der Waals surface area contributed by atoms with Crippen molar-refractivity contribution in [1.29, 1.82) is 0 Å². The minimum absolute atomic E-state index is 0.256. The maximum atomic E-state index is 13.1. The lowest BCUT2D eigenvalue weighted by Gasteiger charge is -2.00. The predicted octanol–water partition coefficient (Wildman–Crippen LogP) is 3.69. The Morgan fingerprint density at radius 1 is 0.824 bits per heavy atom. The van der Waals surface area contributed by atoms with Crippen molar-refractivity contribution in [2.75, 3.05) is 0 Å². The van der Waals surface area contributed by atoms with Gasteiger partial charge in [-0.15, -0.1) is 11.3 Å². The number of hydrogen-bond donors (Lipinski definition) is 0. The van der Waals surface area contributed by atoms with Crippen LogP contribution in [0.4, 0.5) is 8.78 Å². The smallest absolute Gasteiger partial charge is 0.195 e. The van der Waals surface area contributed by atoms with Gasteiger partial charge in [0, 0.05) is 20.2 Å². The van der Waals surface area contributed by atoms with Crippen molar-refractivity contribution < 1.29 is 8.78 Å². The summed E-state index contributed by atoms with van der Waals surface area (Å²) < 4.78 is 27.4. The lowest BCUT2D eigenvalue weighted by molar-refractivity contribution is 0.629. The average Bonchev–Trinajstić information content (AvgIpc) is 2.30. The number of halogens is 2. The van der Waals surface area contributed by atoms with E-state index < -0.39 is 5.82 Å². The van der Waals surface area contributed by atoms with Crippen LogP contribution in [0.25, 0.3) is 20.2 Å². The Hall–Kier alpha value is -1.81. The topological polar surface area (TPSA) is 17.1 Å². The highest BCUT2D eigenvalue weighted by Gasteiger charge is 2.07. The molecular weight excluding hydrogens is 242 g/mol. The SMILES string of the molecule is O=c1c2ccc(F)cc2sc2ccc(F)cc12. The Labute approximate surface area is 98.9 Å². The van der Waals surface area contributed by atoms with Crippen molar-refractivity contribution in [2.24, 2.45) is 0 Å². The molecule has 2 aromatic carbocycles. The van der Waals surface area contributed by atoms with Crippen LogP contribution < -0.4 is 5.43 Å². The Morgan fingerprint density at radius 3 is 2.35 bits per heavy atom. The molecule has 4 heteroatoms. The van der Waals surface area contributed by atoms with Gasteiger partial charge in [-0.3, -0.25) is 4.79 Å². The highest BCUT2D eigenvalue weighted by molar-refractivity contribution is 7.24. The molecule has 0 aliphatic rings. The van der Waals surface area contributed by atoms with Crippen LogP contribution in [0.1, 0.15) is 0 Å². The Kier molecular flexibility index (Phi) is 2.19. The molecule has 1 aromatic heterocycles. The monoisotopic (exact) mass is 248 g/mol. The second-order valence-corrected chi connectivity index (χ2v) is 4.80. The molecule has 0 saturated heterocycles. The standard InChI is InChI=1S/C13H6F2OS/c14-7-2-4-11-10(5-7)13(16)9-3-1-8(15)6-12(9)17-11/h1-6H. The minimum Gasteiger partial charge on any atom is -0.289 e. The first-order chi connectivity index (χ1) is 8.15. The van der Waals surface area contributed by atoms with Gasteiger partial charge in [-0.2, -0.15) is 0 Å². The zero-order valence-electron chi connectivity index (χ0n) is 8.54. The molecule has 0 radical (unpaired) electrons. The minimum atomic E-state index is -0.441. The van der Waals surface area contributed by atoms with Gasteiger partial charge in [-0.25, -0.2) is 8.78 Å².